The molecule has 2 N–H and O–H groups in total. The molecule has 122 valence electrons. The van der Waals surface area contributed by atoms with Crippen LogP contribution in [0.3, 0.4) is 0 Å². The summed E-state index contributed by atoms with van der Waals surface area (Å²) in [6.07, 6.45) is 0.263. The first kappa shape index (κ1) is 16.7. The van der Waals surface area contributed by atoms with E-state index in [1.807, 2.05) is 20.8 Å². The van der Waals surface area contributed by atoms with Gasteiger partial charge >= 0.3 is 5.97 Å². The Balaban J connectivity index is 2.08. The third-order valence-electron chi connectivity index (χ3n) is 3.82. The van der Waals surface area contributed by atoms with Crippen LogP contribution in [-0.4, -0.2) is 22.1 Å². The minimum absolute atomic E-state index is 0.0364. The van der Waals surface area contributed by atoms with Gasteiger partial charge in [0.05, 0.1) is 11.3 Å². The normalized spacial score (nSPS) is 12.0. The van der Waals surface area contributed by atoms with Crippen molar-refractivity contribution in [2.75, 3.05) is 5.32 Å². The maximum absolute atomic E-state index is 12.2. The molecule has 0 bridgehead atoms. The Labute approximate surface area is 134 Å². The van der Waals surface area contributed by atoms with Crippen LogP contribution in [0.5, 0.6) is 0 Å². The molecule has 0 aliphatic rings. The molecule has 0 spiro atoms. The standard InChI is InChI=1S/C17H20N2O4/c1-9-5-6-13(8-14(9)17(21)22)18-15(20)7-10(2)16-11(3)19-23-12(16)4/h5-6,8,10H,7H2,1-4H3,(H,18,20)(H,21,22). The molecule has 1 unspecified atom stereocenters. The summed E-state index contributed by atoms with van der Waals surface area (Å²) in [7, 11) is 0. The van der Waals surface area contributed by atoms with Gasteiger partial charge in [-0.3, -0.25) is 4.79 Å². The number of carbonyl (C=O) groups is 2. The fourth-order valence-corrected chi connectivity index (χ4v) is 2.72. The van der Waals surface area contributed by atoms with Gasteiger partial charge < -0.3 is 14.9 Å². The van der Waals surface area contributed by atoms with Crippen LogP contribution in [0, 0.1) is 20.8 Å². The van der Waals surface area contributed by atoms with Crippen LogP contribution < -0.4 is 5.32 Å². The van der Waals surface area contributed by atoms with Crippen molar-refractivity contribution in [1.82, 2.24) is 5.16 Å². The fourth-order valence-electron chi connectivity index (χ4n) is 2.72. The second-order valence-corrected chi connectivity index (χ2v) is 5.73. The molecule has 1 atom stereocenters. The number of nitrogens with one attached hydrogen (secondary N) is 1. The smallest absolute Gasteiger partial charge is 0.336 e. The molecule has 6 nitrogen and oxygen atoms in total. The fraction of sp³-hybridized carbons (Fsp3) is 0.353. The molecular weight excluding hydrogens is 296 g/mol. The Morgan fingerprint density at radius 2 is 2.00 bits per heavy atom. The van der Waals surface area contributed by atoms with Gasteiger partial charge in [-0.1, -0.05) is 18.1 Å². The number of hydrogen-bond donors (Lipinski definition) is 2. The Bertz CT molecular complexity index is 730. The molecule has 1 aromatic heterocycles. The number of aromatic carboxylic acids is 1. The van der Waals surface area contributed by atoms with Gasteiger partial charge in [0.15, 0.2) is 0 Å². The third-order valence-corrected chi connectivity index (χ3v) is 3.82. The number of anilines is 1. The van der Waals surface area contributed by atoms with E-state index in [0.717, 1.165) is 11.3 Å². The first-order chi connectivity index (χ1) is 10.8. The molecule has 2 aromatic rings. The Hall–Kier alpha value is -2.63. The van der Waals surface area contributed by atoms with Crippen molar-refractivity contribution in [2.24, 2.45) is 0 Å². The van der Waals surface area contributed by atoms with E-state index in [2.05, 4.69) is 10.5 Å². The molecule has 0 saturated carbocycles. The molecule has 0 aliphatic carbocycles. The minimum atomic E-state index is -1.01. The van der Waals surface area contributed by atoms with Crippen molar-refractivity contribution in [1.29, 1.82) is 0 Å². The Morgan fingerprint density at radius 1 is 1.30 bits per heavy atom. The second kappa shape index (κ2) is 6.64. The van der Waals surface area contributed by atoms with Crippen LogP contribution >= 0.6 is 0 Å². The van der Waals surface area contributed by atoms with E-state index in [1.165, 1.54) is 6.07 Å². The number of benzene rings is 1. The molecule has 1 heterocycles. The molecule has 0 saturated heterocycles. The van der Waals surface area contributed by atoms with E-state index >= 15 is 0 Å². The number of carbonyl (C=O) groups excluding carboxylic acids is 1. The summed E-state index contributed by atoms with van der Waals surface area (Å²) in [6, 6.07) is 4.84. The molecular formula is C17H20N2O4. The predicted octanol–water partition coefficient (Wildman–Crippen LogP) is 3.43. The number of aromatic nitrogens is 1. The van der Waals surface area contributed by atoms with Crippen LogP contribution in [0.4, 0.5) is 5.69 Å². The third kappa shape index (κ3) is 3.77. The summed E-state index contributed by atoms with van der Waals surface area (Å²) in [5.74, 6) is -0.516. The van der Waals surface area contributed by atoms with Crippen LogP contribution in [0.2, 0.25) is 0 Å². The lowest BCUT2D eigenvalue weighted by atomic mass is 9.96. The zero-order chi connectivity index (χ0) is 17.1. The highest BCUT2D eigenvalue weighted by molar-refractivity contribution is 5.95. The van der Waals surface area contributed by atoms with E-state index in [4.69, 9.17) is 9.63 Å². The average Bonchev–Trinajstić information content (AvgIpc) is 2.79. The van der Waals surface area contributed by atoms with E-state index in [0.29, 0.717) is 17.0 Å². The summed E-state index contributed by atoms with van der Waals surface area (Å²) in [5.41, 5.74) is 3.03. The molecule has 1 amide bonds. The van der Waals surface area contributed by atoms with Crippen molar-refractivity contribution >= 4 is 17.6 Å². The number of aryl methyl sites for hydroxylation is 3. The van der Waals surface area contributed by atoms with Gasteiger partial charge in [0, 0.05) is 17.7 Å². The van der Waals surface area contributed by atoms with Crippen LogP contribution in [-0.2, 0) is 4.79 Å². The minimum Gasteiger partial charge on any atom is -0.478 e. The molecule has 1 aromatic carbocycles. The zero-order valence-corrected chi connectivity index (χ0v) is 13.6. The lowest BCUT2D eigenvalue weighted by Gasteiger charge is -2.12. The maximum Gasteiger partial charge on any atom is 0.336 e. The van der Waals surface area contributed by atoms with Gasteiger partial charge in [0.25, 0.3) is 0 Å². The lowest BCUT2D eigenvalue weighted by molar-refractivity contribution is -0.116. The summed E-state index contributed by atoms with van der Waals surface area (Å²) in [4.78, 5) is 23.3. The van der Waals surface area contributed by atoms with E-state index < -0.39 is 5.97 Å². The zero-order valence-electron chi connectivity index (χ0n) is 13.6. The summed E-state index contributed by atoms with van der Waals surface area (Å²) >= 11 is 0. The van der Waals surface area contributed by atoms with Gasteiger partial charge in [-0.25, -0.2) is 4.79 Å². The lowest BCUT2D eigenvalue weighted by Crippen LogP contribution is -2.15. The van der Waals surface area contributed by atoms with Gasteiger partial charge in [-0.05, 0) is 44.4 Å². The molecule has 6 heteroatoms. The highest BCUT2D eigenvalue weighted by Gasteiger charge is 2.19. The average molecular weight is 316 g/mol. The first-order valence-corrected chi connectivity index (χ1v) is 7.36. The molecule has 0 fully saturated rings. The molecule has 23 heavy (non-hydrogen) atoms. The second-order valence-electron chi connectivity index (χ2n) is 5.73. The number of carboxylic acids is 1. The number of hydrogen-bond acceptors (Lipinski definition) is 4. The summed E-state index contributed by atoms with van der Waals surface area (Å²) in [5, 5.41) is 15.8. The number of nitrogens with zero attached hydrogens (tertiary/aromatic N) is 1. The van der Waals surface area contributed by atoms with E-state index in [9.17, 15) is 9.59 Å². The molecule has 2 rings (SSSR count). The van der Waals surface area contributed by atoms with Gasteiger partial charge in [0.2, 0.25) is 5.91 Å². The Kier molecular flexibility index (Phi) is 4.83. The molecule has 0 radical (unpaired) electrons. The van der Waals surface area contributed by atoms with Crippen molar-refractivity contribution in [3.05, 3.63) is 46.3 Å². The number of amides is 1. The van der Waals surface area contributed by atoms with Crippen molar-refractivity contribution < 1.29 is 19.2 Å². The highest BCUT2D eigenvalue weighted by Crippen LogP contribution is 2.26. The van der Waals surface area contributed by atoms with Gasteiger partial charge in [-0.2, -0.15) is 0 Å². The van der Waals surface area contributed by atoms with Gasteiger partial charge in [0.1, 0.15) is 5.76 Å². The van der Waals surface area contributed by atoms with Gasteiger partial charge in [-0.15, -0.1) is 0 Å². The SMILES string of the molecule is Cc1ccc(NC(=O)CC(C)c2c(C)noc2C)cc1C(=O)O. The largest absolute Gasteiger partial charge is 0.478 e. The highest BCUT2D eigenvalue weighted by atomic mass is 16.5. The Morgan fingerprint density at radius 3 is 2.57 bits per heavy atom. The summed E-state index contributed by atoms with van der Waals surface area (Å²) in [6.45, 7) is 7.32. The van der Waals surface area contributed by atoms with Crippen molar-refractivity contribution in [2.45, 2.75) is 40.0 Å². The number of carboxylic acid groups (broad SMARTS) is 1. The van der Waals surface area contributed by atoms with Crippen molar-refractivity contribution in [3.8, 4) is 0 Å². The summed E-state index contributed by atoms with van der Waals surface area (Å²) < 4.78 is 5.12. The maximum atomic E-state index is 12.2. The van der Waals surface area contributed by atoms with Crippen LogP contribution in [0.15, 0.2) is 22.7 Å². The first-order valence-electron chi connectivity index (χ1n) is 7.36. The van der Waals surface area contributed by atoms with E-state index in [1.54, 1.807) is 19.1 Å². The predicted molar refractivity (Wildman–Crippen MR) is 85.8 cm³/mol. The quantitative estimate of drug-likeness (QED) is 0.881. The topological polar surface area (TPSA) is 92.4 Å². The van der Waals surface area contributed by atoms with Crippen molar-refractivity contribution in [3.63, 3.8) is 0 Å². The van der Waals surface area contributed by atoms with Crippen LogP contribution in [0.1, 0.15) is 52.2 Å². The van der Waals surface area contributed by atoms with E-state index in [-0.39, 0.29) is 23.8 Å². The monoisotopic (exact) mass is 316 g/mol. The van der Waals surface area contributed by atoms with Crippen LogP contribution in [0.25, 0.3) is 0 Å². The number of rotatable bonds is 5. The molecule has 0 aliphatic heterocycles.